The molecule has 0 saturated carbocycles. The predicted molar refractivity (Wildman–Crippen MR) is 106 cm³/mol. The Labute approximate surface area is 160 Å². The summed E-state index contributed by atoms with van der Waals surface area (Å²) in [7, 11) is 1.61. The number of rotatable bonds is 9. The molecule has 0 bridgehead atoms. The highest BCUT2D eigenvalue weighted by Gasteiger charge is 2.25. The fourth-order valence-electron chi connectivity index (χ4n) is 2.70. The molecule has 0 aliphatic heterocycles. The molecule has 0 spiro atoms. The van der Waals surface area contributed by atoms with Crippen LogP contribution in [0.25, 0.3) is 0 Å². The lowest BCUT2D eigenvalue weighted by atomic mass is 10.1. The minimum atomic E-state index is -0.594. The van der Waals surface area contributed by atoms with Gasteiger partial charge in [0.1, 0.15) is 11.8 Å². The van der Waals surface area contributed by atoms with Crippen LogP contribution in [0.15, 0.2) is 67.3 Å². The predicted octanol–water partition coefficient (Wildman–Crippen LogP) is 2.96. The van der Waals surface area contributed by atoms with Gasteiger partial charge in [-0.1, -0.05) is 48.5 Å². The fraction of sp³-hybridized carbons (Fsp3) is 0.273. The van der Waals surface area contributed by atoms with E-state index in [1.165, 1.54) is 0 Å². The monoisotopic (exact) mass is 366 g/mol. The molecule has 2 aromatic rings. The number of benzene rings is 2. The molecule has 5 nitrogen and oxygen atoms in total. The summed E-state index contributed by atoms with van der Waals surface area (Å²) < 4.78 is 5.18. The Kier molecular flexibility index (Phi) is 7.62. The van der Waals surface area contributed by atoms with Crippen molar-refractivity contribution in [1.82, 2.24) is 10.2 Å². The number of nitrogens with one attached hydrogen (secondary N) is 1. The van der Waals surface area contributed by atoms with Gasteiger partial charge in [0.25, 0.3) is 0 Å². The van der Waals surface area contributed by atoms with Gasteiger partial charge in [0, 0.05) is 13.1 Å². The molecule has 142 valence electrons. The van der Waals surface area contributed by atoms with Gasteiger partial charge in [-0.25, -0.2) is 0 Å². The van der Waals surface area contributed by atoms with E-state index in [0.29, 0.717) is 13.1 Å². The van der Waals surface area contributed by atoms with Gasteiger partial charge >= 0.3 is 0 Å². The number of amides is 2. The Morgan fingerprint density at radius 2 is 1.78 bits per heavy atom. The van der Waals surface area contributed by atoms with E-state index >= 15 is 0 Å². The van der Waals surface area contributed by atoms with Crippen molar-refractivity contribution in [3.63, 3.8) is 0 Å². The fourth-order valence-corrected chi connectivity index (χ4v) is 2.70. The van der Waals surface area contributed by atoms with Crippen LogP contribution >= 0.6 is 0 Å². The largest absolute Gasteiger partial charge is 0.497 e. The van der Waals surface area contributed by atoms with E-state index in [2.05, 4.69) is 11.9 Å². The molecule has 27 heavy (non-hydrogen) atoms. The summed E-state index contributed by atoms with van der Waals surface area (Å²) in [5.41, 5.74) is 1.85. The number of hydrogen-bond donors (Lipinski definition) is 1. The van der Waals surface area contributed by atoms with Crippen molar-refractivity contribution < 1.29 is 14.3 Å². The first-order valence-electron chi connectivity index (χ1n) is 8.90. The number of ether oxygens (including phenoxy) is 1. The molecule has 5 heteroatoms. The van der Waals surface area contributed by atoms with Crippen LogP contribution in [0, 0.1) is 0 Å². The highest BCUT2D eigenvalue weighted by atomic mass is 16.5. The molecule has 0 heterocycles. The van der Waals surface area contributed by atoms with Crippen LogP contribution in [0.3, 0.4) is 0 Å². The van der Waals surface area contributed by atoms with Crippen molar-refractivity contribution >= 4 is 11.8 Å². The van der Waals surface area contributed by atoms with Gasteiger partial charge in [0.15, 0.2) is 0 Å². The van der Waals surface area contributed by atoms with Crippen LogP contribution in [-0.2, 0) is 22.6 Å². The molecule has 1 N–H and O–H groups in total. The van der Waals surface area contributed by atoms with Crippen molar-refractivity contribution in [2.75, 3.05) is 13.7 Å². The molecule has 2 rings (SSSR count). The van der Waals surface area contributed by atoms with Crippen LogP contribution in [0.5, 0.6) is 5.75 Å². The van der Waals surface area contributed by atoms with Gasteiger partial charge in [0.2, 0.25) is 11.8 Å². The van der Waals surface area contributed by atoms with E-state index in [0.717, 1.165) is 16.9 Å². The summed E-state index contributed by atoms with van der Waals surface area (Å²) in [6.07, 6.45) is 1.86. The highest BCUT2D eigenvalue weighted by molar-refractivity contribution is 5.88. The molecule has 0 aromatic heterocycles. The topological polar surface area (TPSA) is 58.6 Å². The maximum Gasteiger partial charge on any atom is 0.242 e. The molecule has 0 aliphatic carbocycles. The number of nitrogens with zero attached hydrogens (tertiary/aromatic N) is 1. The van der Waals surface area contributed by atoms with Crippen LogP contribution in [0.1, 0.15) is 18.1 Å². The Morgan fingerprint density at radius 1 is 1.11 bits per heavy atom. The smallest absolute Gasteiger partial charge is 0.242 e. The van der Waals surface area contributed by atoms with Gasteiger partial charge in [-0.05, 0) is 30.2 Å². The summed E-state index contributed by atoms with van der Waals surface area (Å²) in [5.74, 6) is 0.445. The lowest BCUT2D eigenvalue weighted by molar-refractivity contribution is -0.140. The third-order valence-corrected chi connectivity index (χ3v) is 4.30. The van der Waals surface area contributed by atoms with E-state index in [9.17, 15) is 9.59 Å². The SMILES string of the molecule is C=CCNC(=O)[C@@H](C)N(Cc1ccc(OC)cc1)C(=O)Cc1ccccc1. The first-order chi connectivity index (χ1) is 13.0. The lowest BCUT2D eigenvalue weighted by Gasteiger charge is -2.29. The minimum Gasteiger partial charge on any atom is -0.497 e. The molecular formula is C22H26N2O3. The molecule has 0 unspecified atom stereocenters. The second-order valence-corrected chi connectivity index (χ2v) is 6.24. The zero-order valence-corrected chi connectivity index (χ0v) is 15.9. The van der Waals surface area contributed by atoms with Gasteiger partial charge in [0.05, 0.1) is 13.5 Å². The van der Waals surface area contributed by atoms with E-state index in [1.54, 1.807) is 25.0 Å². The average molecular weight is 366 g/mol. The van der Waals surface area contributed by atoms with E-state index in [-0.39, 0.29) is 18.2 Å². The molecule has 1 atom stereocenters. The summed E-state index contributed by atoms with van der Waals surface area (Å²) in [5, 5.41) is 2.76. The molecule has 0 radical (unpaired) electrons. The number of carbonyl (C=O) groups is 2. The second kappa shape index (κ2) is 10.2. The summed E-state index contributed by atoms with van der Waals surface area (Å²) in [4.78, 5) is 27.0. The maximum absolute atomic E-state index is 13.0. The van der Waals surface area contributed by atoms with Crippen molar-refractivity contribution in [1.29, 1.82) is 0 Å². The Morgan fingerprint density at radius 3 is 2.37 bits per heavy atom. The summed E-state index contributed by atoms with van der Waals surface area (Å²) in [6, 6.07) is 16.4. The normalized spacial score (nSPS) is 11.3. The molecule has 2 aromatic carbocycles. The standard InChI is InChI=1S/C22H26N2O3/c1-4-14-23-22(26)17(2)24(16-19-10-12-20(27-3)13-11-19)21(25)15-18-8-6-5-7-9-18/h4-13,17H,1,14-16H2,2-3H3,(H,23,26)/t17-/m1/s1. The van der Waals surface area contributed by atoms with Crippen molar-refractivity contribution in [3.8, 4) is 5.75 Å². The third-order valence-electron chi connectivity index (χ3n) is 4.30. The molecule has 0 aliphatic rings. The second-order valence-electron chi connectivity index (χ2n) is 6.24. The van der Waals surface area contributed by atoms with Crippen molar-refractivity contribution in [2.45, 2.75) is 25.9 Å². The lowest BCUT2D eigenvalue weighted by Crippen LogP contribution is -2.48. The maximum atomic E-state index is 13.0. The van der Waals surface area contributed by atoms with Crippen LogP contribution in [-0.4, -0.2) is 36.4 Å². The molecule has 0 saturated heterocycles. The van der Waals surface area contributed by atoms with E-state index in [4.69, 9.17) is 4.74 Å². The summed E-state index contributed by atoms with van der Waals surface area (Å²) >= 11 is 0. The average Bonchev–Trinajstić information content (AvgIpc) is 2.70. The first-order valence-corrected chi connectivity index (χ1v) is 8.90. The third kappa shape index (κ3) is 5.99. The van der Waals surface area contributed by atoms with Gasteiger partial charge in [-0.3, -0.25) is 9.59 Å². The van der Waals surface area contributed by atoms with E-state index < -0.39 is 6.04 Å². The molecular weight excluding hydrogens is 340 g/mol. The minimum absolute atomic E-state index is 0.0988. The van der Waals surface area contributed by atoms with Gasteiger partial charge < -0.3 is 15.0 Å². The zero-order chi connectivity index (χ0) is 19.6. The molecule has 0 fully saturated rings. The van der Waals surface area contributed by atoms with E-state index in [1.807, 2.05) is 54.6 Å². The van der Waals surface area contributed by atoms with Crippen LogP contribution in [0.2, 0.25) is 0 Å². The molecule has 2 amide bonds. The van der Waals surface area contributed by atoms with Crippen LogP contribution < -0.4 is 10.1 Å². The Balaban J connectivity index is 2.19. The van der Waals surface area contributed by atoms with Crippen molar-refractivity contribution in [3.05, 3.63) is 78.4 Å². The highest BCUT2D eigenvalue weighted by Crippen LogP contribution is 2.16. The number of carbonyl (C=O) groups excluding carboxylic acids is 2. The number of hydrogen-bond acceptors (Lipinski definition) is 3. The Hall–Kier alpha value is -3.08. The quantitative estimate of drug-likeness (QED) is 0.694. The van der Waals surface area contributed by atoms with Gasteiger partial charge in [-0.15, -0.1) is 6.58 Å². The van der Waals surface area contributed by atoms with Gasteiger partial charge in [-0.2, -0.15) is 0 Å². The van der Waals surface area contributed by atoms with Crippen molar-refractivity contribution in [2.24, 2.45) is 0 Å². The summed E-state index contributed by atoms with van der Waals surface area (Å²) in [6.45, 7) is 6.06. The number of methoxy groups -OCH3 is 1. The first kappa shape index (κ1) is 20.2. The zero-order valence-electron chi connectivity index (χ0n) is 15.9. The van der Waals surface area contributed by atoms with Crippen LogP contribution in [0.4, 0.5) is 0 Å². The Bertz CT molecular complexity index is 757.